The van der Waals surface area contributed by atoms with E-state index in [0.29, 0.717) is 12.6 Å². The minimum absolute atomic E-state index is 0. The predicted octanol–water partition coefficient (Wildman–Crippen LogP) is 4.03. The summed E-state index contributed by atoms with van der Waals surface area (Å²) in [5, 5.41) is 8.05. The van der Waals surface area contributed by atoms with Crippen LogP contribution in [0.1, 0.15) is 56.3 Å². The molecule has 1 saturated heterocycles. The summed E-state index contributed by atoms with van der Waals surface area (Å²) in [6.45, 7) is 13.8. The fourth-order valence-corrected chi connectivity index (χ4v) is 4.38. The Morgan fingerprint density at radius 3 is 2.46 bits per heavy atom. The molecule has 2 heterocycles. The largest absolute Gasteiger partial charge is 0.357 e. The number of aliphatic imine (C=N–C) groups is 1. The maximum atomic E-state index is 4.73. The molecule has 0 bridgehead atoms. The lowest BCUT2D eigenvalue weighted by atomic mass is 9.93. The Kier molecular flexibility index (Phi) is 11.7. The first-order chi connectivity index (χ1) is 12.2. The van der Waals surface area contributed by atoms with Crippen LogP contribution in [0.3, 0.4) is 0 Å². The van der Waals surface area contributed by atoms with E-state index in [0.717, 1.165) is 30.0 Å². The highest BCUT2D eigenvalue weighted by Gasteiger charge is 2.27. The summed E-state index contributed by atoms with van der Waals surface area (Å²) in [6, 6.07) is 0.600. The third-order valence-electron chi connectivity index (χ3n) is 5.07. The second-order valence-electron chi connectivity index (χ2n) is 6.83. The van der Waals surface area contributed by atoms with Crippen LogP contribution in [0.5, 0.6) is 0 Å². The molecule has 1 aromatic heterocycles. The molecule has 0 saturated carbocycles. The van der Waals surface area contributed by atoms with Crippen LogP contribution >= 0.6 is 35.3 Å². The lowest BCUT2D eigenvalue weighted by Gasteiger charge is -2.34. The first kappa shape index (κ1) is 23.6. The quantitative estimate of drug-likeness (QED) is 0.310. The fraction of sp³-hybridized carbons (Fsp3) is 0.789. The van der Waals surface area contributed by atoms with Crippen LogP contribution in [-0.4, -0.2) is 48.1 Å². The number of rotatable bonds is 9. The number of nitrogens with zero attached hydrogens (tertiary/aromatic N) is 3. The van der Waals surface area contributed by atoms with Gasteiger partial charge in [0.25, 0.3) is 0 Å². The summed E-state index contributed by atoms with van der Waals surface area (Å²) in [6.07, 6.45) is 7.09. The predicted molar refractivity (Wildman–Crippen MR) is 124 cm³/mol. The topological polar surface area (TPSA) is 52.6 Å². The molecule has 2 rings (SSSR count). The summed E-state index contributed by atoms with van der Waals surface area (Å²) >= 11 is 1.72. The molecule has 1 aliphatic rings. The molecule has 0 amide bonds. The van der Waals surface area contributed by atoms with E-state index in [1.165, 1.54) is 43.6 Å². The Hall–Kier alpha value is -0.410. The molecule has 0 radical (unpaired) electrons. The van der Waals surface area contributed by atoms with Crippen molar-refractivity contribution in [2.45, 2.75) is 66.0 Å². The van der Waals surface area contributed by atoms with Crippen molar-refractivity contribution < 1.29 is 0 Å². The Bertz CT molecular complexity index is 522. The van der Waals surface area contributed by atoms with E-state index >= 15 is 0 Å². The van der Waals surface area contributed by atoms with Gasteiger partial charge in [-0.05, 0) is 45.7 Å². The monoisotopic (exact) mass is 493 g/mol. The van der Waals surface area contributed by atoms with Gasteiger partial charge in [-0.2, -0.15) is 0 Å². The Balaban J connectivity index is 0.00000338. The number of halogens is 1. The first-order valence-electron chi connectivity index (χ1n) is 9.85. The van der Waals surface area contributed by atoms with Crippen LogP contribution in [-0.2, 0) is 6.54 Å². The van der Waals surface area contributed by atoms with E-state index < -0.39 is 0 Å². The fourth-order valence-electron chi connectivity index (χ4n) is 3.66. The molecule has 1 unspecified atom stereocenters. The summed E-state index contributed by atoms with van der Waals surface area (Å²) in [5.41, 5.74) is 0. The van der Waals surface area contributed by atoms with E-state index in [4.69, 9.17) is 4.99 Å². The van der Waals surface area contributed by atoms with Gasteiger partial charge < -0.3 is 10.6 Å². The van der Waals surface area contributed by atoms with Crippen molar-refractivity contribution in [3.8, 4) is 0 Å². The number of nitrogens with one attached hydrogen (secondary N) is 2. The van der Waals surface area contributed by atoms with Gasteiger partial charge in [0.05, 0.1) is 6.54 Å². The summed E-state index contributed by atoms with van der Waals surface area (Å²) in [5.74, 6) is 1.65. The average Bonchev–Trinajstić information content (AvgIpc) is 3.28. The normalized spacial score (nSPS) is 16.6. The van der Waals surface area contributed by atoms with E-state index in [-0.39, 0.29) is 24.0 Å². The zero-order valence-electron chi connectivity index (χ0n) is 16.8. The first-order valence-corrected chi connectivity index (χ1v) is 10.7. The van der Waals surface area contributed by atoms with Gasteiger partial charge in [0.2, 0.25) is 0 Å². The van der Waals surface area contributed by atoms with Crippen molar-refractivity contribution in [3.05, 3.63) is 16.1 Å². The Labute approximate surface area is 180 Å². The van der Waals surface area contributed by atoms with Crippen LogP contribution in [0.15, 0.2) is 11.2 Å². The van der Waals surface area contributed by atoms with Crippen LogP contribution in [0.2, 0.25) is 0 Å². The van der Waals surface area contributed by atoms with Gasteiger partial charge in [0.15, 0.2) is 5.96 Å². The van der Waals surface area contributed by atoms with E-state index in [1.54, 1.807) is 11.3 Å². The molecule has 0 aliphatic carbocycles. The smallest absolute Gasteiger partial charge is 0.191 e. The molecule has 150 valence electrons. The highest BCUT2D eigenvalue weighted by molar-refractivity contribution is 14.0. The standard InChI is InChI=1S/C19H35N5S.HI/c1-5-16(6-2)17(24-10-8-9-11-24)13-22-19(20-7-3)23-14-18-21-12-15(4)25-18;/h12,16-17H,5-11,13-14H2,1-4H3,(H2,20,22,23);1H. The molecular formula is C19H36IN5S. The van der Waals surface area contributed by atoms with Crippen LogP contribution < -0.4 is 10.6 Å². The number of guanidine groups is 1. The number of aromatic nitrogens is 1. The summed E-state index contributed by atoms with van der Waals surface area (Å²) < 4.78 is 0. The minimum atomic E-state index is 0. The second kappa shape index (κ2) is 12.9. The molecule has 2 N–H and O–H groups in total. The maximum Gasteiger partial charge on any atom is 0.191 e. The van der Waals surface area contributed by atoms with Gasteiger partial charge in [0.1, 0.15) is 5.01 Å². The molecule has 1 fully saturated rings. The average molecular weight is 494 g/mol. The van der Waals surface area contributed by atoms with Gasteiger partial charge in [-0.25, -0.2) is 9.98 Å². The third kappa shape index (κ3) is 7.31. The van der Waals surface area contributed by atoms with Crippen LogP contribution in [0, 0.1) is 12.8 Å². The molecule has 26 heavy (non-hydrogen) atoms. The number of aryl methyl sites for hydroxylation is 1. The lowest BCUT2D eigenvalue weighted by Crippen LogP contribution is -2.49. The van der Waals surface area contributed by atoms with E-state index in [2.05, 4.69) is 48.2 Å². The van der Waals surface area contributed by atoms with Gasteiger partial charge in [-0.3, -0.25) is 4.90 Å². The minimum Gasteiger partial charge on any atom is -0.357 e. The Morgan fingerprint density at radius 1 is 1.23 bits per heavy atom. The number of likely N-dealkylation sites (tertiary alicyclic amines) is 1. The second-order valence-corrected chi connectivity index (χ2v) is 8.15. The SMILES string of the molecule is CCNC(=NCc1ncc(C)s1)NCC(C(CC)CC)N1CCCC1.I. The van der Waals surface area contributed by atoms with Crippen molar-refractivity contribution in [1.82, 2.24) is 20.5 Å². The molecule has 1 aliphatic heterocycles. The van der Waals surface area contributed by atoms with Gasteiger partial charge in [-0.15, -0.1) is 35.3 Å². The molecule has 0 aromatic carbocycles. The van der Waals surface area contributed by atoms with Crippen molar-refractivity contribution in [1.29, 1.82) is 0 Å². The van der Waals surface area contributed by atoms with Crippen molar-refractivity contribution in [2.24, 2.45) is 10.9 Å². The molecule has 7 heteroatoms. The van der Waals surface area contributed by atoms with Gasteiger partial charge in [0, 0.05) is 30.2 Å². The molecule has 0 spiro atoms. The van der Waals surface area contributed by atoms with Gasteiger partial charge >= 0.3 is 0 Å². The van der Waals surface area contributed by atoms with Crippen molar-refractivity contribution in [3.63, 3.8) is 0 Å². The third-order valence-corrected chi connectivity index (χ3v) is 5.96. The summed E-state index contributed by atoms with van der Waals surface area (Å²) in [4.78, 5) is 13.1. The molecule has 1 aromatic rings. The highest BCUT2D eigenvalue weighted by atomic mass is 127. The molecular weight excluding hydrogens is 457 g/mol. The number of hydrogen-bond acceptors (Lipinski definition) is 4. The zero-order valence-corrected chi connectivity index (χ0v) is 19.9. The number of hydrogen-bond donors (Lipinski definition) is 2. The number of thiazole rings is 1. The van der Waals surface area contributed by atoms with Crippen molar-refractivity contribution >= 4 is 41.3 Å². The maximum absolute atomic E-state index is 4.73. The van der Waals surface area contributed by atoms with Gasteiger partial charge in [-0.1, -0.05) is 26.7 Å². The van der Waals surface area contributed by atoms with Crippen LogP contribution in [0.25, 0.3) is 0 Å². The highest BCUT2D eigenvalue weighted by Crippen LogP contribution is 2.22. The van der Waals surface area contributed by atoms with E-state index in [9.17, 15) is 0 Å². The lowest BCUT2D eigenvalue weighted by molar-refractivity contribution is 0.166. The zero-order chi connectivity index (χ0) is 18.1. The molecule has 5 nitrogen and oxygen atoms in total. The summed E-state index contributed by atoms with van der Waals surface area (Å²) in [7, 11) is 0. The van der Waals surface area contributed by atoms with Crippen molar-refractivity contribution in [2.75, 3.05) is 26.2 Å². The van der Waals surface area contributed by atoms with Crippen LogP contribution in [0.4, 0.5) is 0 Å². The Morgan fingerprint density at radius 2 is 1.92 bits per heavy atom. The van der Waals surface area contributed by atoms with E-state index in [1.807, 2.05) is 6.20 Å². The molecule has 1 atom stereocenters.